The van der Waals surface area contributed by atoms with Crippen LogP contribution in [0.3, 0.4) is 0 Å². The number of anilines is 1. The molecule has 1 aliphatic carbocycles. The minimum Gasteiger partial charge on any atom is -0.467 e. The largest absolute Gasteiger partial charge is 0.467 e. The summed E-state index contributed by atoms with van der Waals surface area (Å²) in [5, 5.41) is 2.92. The molecule has 1 aromatic carbocycles. The molecule has 146 valence electrons. The Morgan fingerprint density at radius 1 is 1.18 bits per heavy atom. The van der Waals surface area contributed by atoms with Crippen molar-refractivity contribution in [2.24, 2.45) is 5.92 Å². The van der Waals surface area contributed by atoms with Gasteiger partial charge in [-0.1, -0.05) is 0 Å². The van der Waals surface area contributed by atoms with Crippen molar-refractivity contribution in [3.63, 3.8) is 0 Å². The van der Waals surface area contributed by atoms with Crippen LogP contribution in [0, 0.1) is 5.92 Å². The highest BCUT2D eigenvalue weighted by Gasteiger charge is 2.44. The minimum absolute atomic E-state index is 0.0367. The lowest BCUT2D eigenvalue weighted by atomic mass is 10.1. The second-order valence-corrected chi connectivity index (χ2v) is 7.73. The number of amides is 2. The summed E-state index contributed by atoms with van der Waals surface area (Å²) in [6.07, 6.45) is 5.76. The molecule has 28 heavy (non-hydrogen) atoms. The van der Waals surface area contributed by atoms with Gasteiger partial charge in [0.25, 0.3) is 5.79 Å². The van der Waals surface area contributed by atoms with Crippen molar-refractivity contribution in [2.75, 3.05) is 11.9 Å². The third-order valence-corrected chi connectivity index (χ3v) is 5.68. The van der Waals surface area contributed by atoms with Gasteiger partial charge in [-0.2, -0.15) is 0 Å². The summed E-state index contributed by atoms with van der Waals surface area (Å²) in [5.74, 6) is 1.01. The van der Waals surface area contributed by atoms with E-state index in [9.17, 15) is 9.59 Å². The quantitative estimate of drug-likeness (QED) is 0.877. The van der Waals surface area contributed by atoms with Crippen molar-refractivity contribution >= 4 is 17.5 Å². The number of ether oxygens (including phenoxy) is 2. The average Bonchev–Trinajstić information content (AvgIpc) is 3.45. The Hall–Kier alpha value is -2.96. The Bertz CT molecular complexity index is 902. The molecule has 1 saturated carbocycles. The highest BCUT2D eigenvalue weighted by molar-refractivity contribution is 5.97. The lowest BCUT2D eigenvalue weighted by Gasteiger charge is -2.21. The smallest absolute Gasteiger partial charge is 0.251 e. The highest BCUT2D eigenvalue weighted by Crippen LogP contribution is 2.47. The van der Waals surface area contributed by atoms with Crippen LogP contribution in [-0.4, -0.2) is 29.0 Å². The maximum atomic E-state index is 12.7. The van der Waals surface area contributed by atoms with Gasteiger partial charge in [0, 0.05) is 37.6 Å². The van der Waals surface area contributed by atoms with Crippen molar-refractivity contribution < 1.29 is 23.5 Å². The standard InChI is InChI=1S/C21H22N2O5/c24-19-10-14(12-23(19)13-16-4-3-9-26-16)20(25)22-15-5-6-17-18(11-15)28-21(27-17)7-1-2-8-21/h3-6,9,11,14H,1-2,7-8,10,12-13H2,(H,22,25). The van der Waals surface area contributed by atoms with E-state index in [1.54, 1.807) is 23.3 Å². The second kappa shape index (κ2) is 6.58. The van der Waals surface area contributed by atoms with Crippen LogP contribution >= 0.6 is 0 Å². The molecule has 1 atom stereocenters. The Morgan fingerprint density at radius 2 is 2.00 bits per heavy atom. The van der Waals surface area contributed by atoms with Gasteiger partial charge < -0.3 is 24.1 Å². The second-order valence-electron chi connectivity index (χ2n) is 7.73. The number of rotatable bonds is 4. The van der Waals surface area contributed by atoms with Crippen LogP contribution in [-0.2, 0) is 16.1 Å². The first-order valence-electron chi connectivity index (χ1n) is 9.73. The van der Waals surface area contributed by atoms with Gasteiger partial charge in [0.05, 0.1) is 18.7 Å². The molecule has 5 rings (SSSR count). The summed E-state index contributed by atoms with van der Waals surface area (Å²) in [5.41, 5.74) is 0.652. The number of nitrogens with zero attached hydrogens (tertiary/aromatic N) is 1. The number of likely N-dealkylation sites (tertiary alicyclic amines) is 1. The van der Waals surface area contributed by atoms with Crippen LogP contribution in [0.2, 0.25) is 0 Å². The molecule has 2 amide bonds. The number of carbonyl (C=O) groups excluding carboxylic acids is 2. The molecule has 1 aromatic heterocycles. The maximum absolute atomic E-state index is 12.7. The fourth-order valence-corrected chi connectivity index (χ4v) is 4.22. The molecule has 0 bridgehead atoms. The van der Waals surface area contributed by atoms with Crippen LogP contribution in [0.5, 0.6) is 11.5 Å². The SMILES string of the molecule is O=C(Nc1ccc2c(c1)OC1(CCCC1)O2)C1CC(=O)N(Cc2ccco2)C1. The van der Waals surface area contributed by atoms with E-state index in [4.69, 9.17) is 13.9 Å². The van der Waals surface area contributed by atoms with E-state index in [1.807, 2.05) is 18.2 Å². The molecule has 1 N–H and O–H groups in total. The van der Waals surface area contributed by atoms with Crippen molar-refractivity contribution in [1.82, 2.24) is 4.90 Å². The Labute approximate surface area is 162 Å². The normalized spacial score (nSPS) is 22.2. The highest BCUT2D eigenvalue weighted by atomic mass is 16.7. The van der Waals surface area contributed by atoms with E-state index in [-0.39, 0.29) is 24.2 Å². The molecule has 7 heteroatoms. The summed E-state index contributed by atoms with van der Waals surface area (Å²) < 4.78 is 17.3. The number of fused-ring (bicyclic) bond motifs is 1. The molecule has 7 nitrogen and oxygen atoms in total. The topological polar surface area (TPSA) is 81.0 Å². The summed E-state index contributed by atoms with van der Waals surface area (Å²) in [6.45, 7) is 0.779. The van der Waals surface area contributed by atoms with Gasteiger partial charge in [0.1, 0.15) is 5.76 Å². The molecule has 3 heterocycles. The number of furan rings is 1. The predicted molar refractivity (Wildman–Crippen MR) is 99.8 cm³/mol. The number of hydrogen-bond donors (Lipinski definition) is 1. The Balaban J connectivity index is 1.22. The van der Waals surface area contributed by atoms with Crippen molar-refractivity contribution in [1.29, 1.82) is 0 Å². The summed E-state index contributed by atoms with van der Waals surface area (Å²) in [6, 6.07) is 9.06. The third kappa shape index (κ3) is 3.10. The lowest BCUT2D eigenvalue weighted by Crippen LogP contribution is -2.34. The minimum atomic E-state index is -0.519. The number of hydrogen-bond acceptors (Lipinski definition) is 5. The molecular weight excluding hydrogens is 360 g/mol. The number of carbonyl (C=O) groups is 2. The first-order valence-corrected chi connectivity index (χ1v) is 9.73. The molecular formula is C21H22N2O5. The van der Waals surface area contributed by atoms with E-state index in [1.165, 1.54) is 0 Å². The van der Waals surface area contributed by atoms with E-state index in [0.29, 0.717) is 30.3 Å². The lowest BCUT2D eigenvalue weighted by molar-refractivity contribution is -0.128. The summed E-state index contributed by atoms with van der Waals surface area (Å²) >= 11 is 0. The fraction of sp³-hybridized carbons (Fsp3) is 0.429. The van der Waals surface area contributed by atoms with Gasteiger partial charge in [0.2, 0.25) is 11.8 Å². The first-order chi connectivity index (χ1) is 13.6. The predicted octanol–water partition coefficient (Wildman–Crippen LogP) is 3.31. The fourth-order valence-electron chi connectivity index (χ4n) is 4.22. The molecule has 2 aromatic rings. The Kier molecular flexibility index (Phi) is 4.03. The third-order valence-electron chi connectivity index (χ3n) is 5.68. The van der Waals surface area contributed by atoms with Crippen LogP contribution in [0.1, 0.15) is 37.9 Å². The van der Waals surface area contributed by atoms with Crippen LogP contribution < -0.4 is 14.8 Å². The average molecular weight is 382 g/mol. The van der Waals surface area contributed by atoms with E-state index in [2.05, 4.69) is 5.32 Å². The zero-order valence-corrected chi connectivity index (χ0v) is 15.5. The molecule has 2 fully saturated rings. The van der Waals surface area contributed by atoms with Gasteiger partial charge in [-0.15, -0.1) is 0 Å². The van der Waals surface area contributed by atoms with Crippen LogP contribution in [0.4, 0.5) is 5.69 Å². The van der Waals surface area contributed by atoms with Crippen LogP contribution in [0.25, 0.3) is 0 Å². The zero-order chi connectivity index (χ0) is 19.1. The number of benzene rings is 1. The first kappa shape index (κ1) is 17.2. The molecule has 2 aliphatic heterocycles. The molecule has 1 spiro atoms. The van der Waals surface area contributed by atoms with E-state index < -0.39 is 5.79 Å². The van der Waals surface area contributed by atoms with Crippen molar-refractivity contribution in [3.05, 3.63) is 42.4 Å². The van der Waals surface area contributed by atoms with Crippen molar-refractivity contribution in [2.45, 2.75) is 44.4 Å². The molecule has 3 aliphatic rings. The van der Waals surface area contributed by atoms with Gasteiger partial charge in [0.15, 0.2) is 11.5 Å². The van der Waals surface area contributed by atoms with Gasteiger partial charge in [-0.25, -0.2) is 0 Å². The zero-order valence-electron chi connectivity index (χ0n) is 15.5. The van der Waals surface area contributed by atoms with Gasteiger partial charge >= 0.3 is 0 Å². The Morgan fingerprint density at radius 3 is 2.79 bits per heavy atom. The van der Waals surface area contributed by atoms with Gasteiger partial charge in [-0.3, -0.25) is 9.59 Å². The summed E-state index contributed by atoms with van der Waals surface area (Å²) in [4.78, 5) is 26.6. The van der Waals surface area contributed by atoms with E-state index >= 15 is 0 Å². The van der Waals surface area contributed by atoms with Gasteiger partial charge in [-0.05, 0) is 37.1 Å². The van der Waals surface area contributed by atoms with E-state index in [0.717, 1.165) is 31.4 Å². The molecule has 1 saturated heterocycles. The summed E-state index contributed by atoms with van der Waals surface area (Å²) in [7, 11) is 0. The molecule has 1 unspecified atom stereocenters. The molecule has 0 radical (unpaired) electrons. The monoisotopic (exact) mass is 382 g/mol. The van der Waals surface area contributed by atoms with Crippen molar-refractivity contribution in [3.8, 4) is 11.5 Å². The maximum Gasteiger partial charge on any atom is 0.251 e. The number of nitrogens with one attached hydrogen (secondary N) is 1. The van der Waals surface area contributed by atoms with Crippen LogP contribution in [0.15, 0.2) is 41.0 Å².